The van der Waals surface area contributed by atoms with E-state index in [2.05, 4.69) is 16.0 Å². The van der Waals surface area contributed by atoms with Crippen molar-refractivity contribution in [2.45, 2.75) is 19.9 Å². The smallest absolute Gasteiger partial charge is 0.255 e. The Balaban J connectivity index is 1.48. The number of anilines is 2. The van der Waals surface area contributed by atoms with Gasteiger partial charge in [0.2, 0.25) is 5.91 Å². The maximum absolute atomic E-state index is 12.4. The lowest BCUT2D eigenvalue weighted by Crippen LogP contribution is -2.32. The second kappa shape index (κ2) is 10.8. The summed E-state index contributed by atoms with van der Waals surface area (Å²) in [7, 11) is 0. The van der Waals surface area contributed by atoms with Crippen molar-refractivity contribution in [3.8, 4) is 5.75 Å². The van der Waals surface area contributed by atoms with Gasteiger partial charge in [0.1, 0.15) is 5.75 Å². The van der Waals surface area contributed by atoms with Gasteiger partial charge in [0, 0.05) is 16.9 Å². The highest BCUT2D eigenvalue weighted by molar-refractivity contribution is 6.04. The molecule has 0 unspecified atom stereocenters. The van der Waals surface area contributed by atoms with Crippen LogP contribution in [0.1, 0.15) is 35.8 Å². The highest BCUT2D eigenvalue weighted by Crippen LogP contribution is 2.17. The van der Waals surface area contributed by atoms with E-state index in [1.54, 1.807) is 36.4 Å². The van der Waals surface area contributed by atoms with Gasteiger partial charge in [-0.2, -0.15) is 0 Å². The maximum atomic E-state index is 12.4. The molecule has 31 heavy (non-hydrogen) atoms. The molecule has 0 aromatic heterocycles. The van der Waals surface area contributed by atoms with Crippen molar-refractivity contribution < 1.29 is 14.3 Å². The zero-order valence-electron chi connectivity index (χ0n) is 17.7. The molecule has 6 nitrogen and oxygen atoms in total. The summed E-state index contributed by atoms with van der Waals surface area (Å²) in [5.74, 6) is 0.455. The van der Waals surface area contributed by atoms with E-state index in [4.69, 9.17) is 4.74 Å². The van der Waals surface area contributed by atoms with Crippen LogP contribution in [-0.4, -0.2) is 25.0 Å². The van der Waals surface area contributed by atoms with E-state index in [1.165, 1.54) is 0 Å². The van der Waals surface area contributed by atoms with Gasteiger partial charge in [0.05, 0.1) is 19.2 Å². The lowest BCUT2D eigenvalue weighted by Gasteiger charge is -2.15. The maximum Gasteiger partial charge on any atom is 0.255 e. The lowest BCUT2D eigenvalue weighted by atomic mass is 10.1. The quantitative estimate of drug-likeness (QED) is 0.474. The molecular weight excluding hydrogens is 390 g/mol. The first-order valence-electron chi connectivity index (χ1n) is 10.3. The van der Waals surface area contributed by atoms with Gasteiger partial charge >= 0.3 is 0 Å². The summed E-state index contributed by atoms with van der Waals surface area (Å²) in [6.07, 6.45) is 0. The number of benzene rings is 3. The minimum Gasteiger partial charge on any atom is -0.494 e. The Bertz CT molecular complexity index is 987. The monoisotopic (exact) mass is 417 g/mol. The SMILES string of the molecule is CCOc1ccc(NC(=O)c2ccc(NCC(=O)N[C@H](C)c3ccccc3)cc2)cc1. The molecule has 0 saturated heterocycles. The van der Waals surface area contributed by atoms with Gasteiger partial charge in [-0.05, 0) is 67.9 Å². The van der Waals surface area contributed by atoms with Gasteiger partial charge < -0.3 is 20.7 Å². The molecule has 0 radical (unpaired) electrons. The van der Waals surface area contributed by atoms with Crippen molar-refractivity contribution in [2.24, 2.45) is 0 Å². The van der Waals surface area contributed by atoms with Crippen molar-refractivity contribution in [3.63, 3.8) is 0 Å². The summed E-state index contributed by atoms with van der Waals surface area (Å²) in [6.45, 7) is 4.62. The molecule has 0 fully saturated rings. The molecule has 160 valence electrons. The van der Waals surface area contributed by atoms with Crippen LogP contribution in [0.4, 0.5) is 11.4 Å². The molecule has 0 aliphatic rings. The van der Waals surface area contributed by atoms with E-state index in [9.17, 15) is 9.59 Å². The topological polar surface area (TPSA) is 79.5 Å². The number of rotatable bonds is 9. The standard InChI is InChI=1S/C25H27N3O3/c1-3-31-23-15-13-22(14-16-23)28-25(30)20-9-11-21(12-10-20)26-17-24(29)27-18(2)19-7-5-4-6-8-19/h4-16,18,26H,3,17H2,1-2H3,(H,27,29)(H,28,30)/t18-/m1/s1. The first-order chi connectivity index (χ1) is 15.0. The van der Waals surface area contributed by atoms with Gasteiger partial charge in [-0.25, -0.2) is 0 Å². The number of ether oxygens (including phenoxy) is 1. The van der Waals surface area contributed by atoms with E-state index in [1.807, 2.05) is 56.3 Å². The first kappa shape index (κ1) is 21.9. The summed E-state index contributed by atoms with van der Waals surface area (Å²) in [4.78, 5) is 24.6. The van der Waals surface area contributed by atoms with Gasteiger partial charge in [0.25, 0.3) is 5.91 Å². The van der Waals surface area contributed by atoms with Gasteiger partial charge in [0.15, 0.2) is 0 Å². The second-order valence-corrected chi connectivity index (χ2v) is 7.04. The zero-order valence-corrected chi connectivity index (χ0v) is 17.7. The zero-order chi connectivity index (χ0) is 22.1. The molecule has 0 spiro atoms. The molecule has 0 saturated carbocycles. The van der Waals surface area contributed by atoms with Crippen LogP contribution >= 0.6 is 0 Å². The minimum atomic E-state index is -0.204. The fourth-order valence-electron chi connectivity index (χ4n) is 3.04. The van der Waals surface area contributed by atoms with Crippen molar-refractivity contribution >= 4 is 23.2 Å². The molecule has 6 heteroatoms. The van der Waals surface area contributed by atoms with Crippen LogP contribution in [0.2, 0.25) is 0 Å². The molecule has 1 atom stereocenters. The molecule has 3 aromatic rings. The average molecular weight is 418 g/mol. The number of amides is 2. The highest BCUT2D eigenvalue weighted by atomic mass is 16.5. The molecule has 0 bridgehead atoms. The van der Waals surface area contributed by atoms with Crippen LogP contribution < -0.4 is 20.7 Å². The Hall–Kier alpha value is -3.80. The van der Waals surface area contributed by atoms with Crippen LogP contribution in [0.15, 0.2) is 78.9 Å². The van der Waals surface area contributed by atoms with Crippen LogP contribution in [0.3, 0.4) is 0 Å². The van der Waals surface area contributed by atoms with Gasteiger partial charge in [-0.15, -0.1) is 0 Å². The largest absolute Gasteiger partial charge is 0.494 e. The number of hydrogen-bond acceptors (Lipinski definition) is 4. The molecule has 0 aliphatic heterocycles. The first-order valence-corrected chi connectivity index (χ1v) is 10.3. The summed E-state index contributed by atoms with van der Waals surface area (Å²) < 4.78 is 5.40. The fourth-order valence-corrected chi connectivity index (χ4v) is 3.04. The van der Waals surface area contributed by atoms with E-state index in [0.29, 0.717) is 17.9 Å². The predicted octanol–water partition coefficient (Wildman–Crippen LogP) is 4.63. The number of carbonyl (C=O) groups excluding carboxylic acids is 2. The molecule has 0 aliphatic carbocycles. The second-order valence-electron chi connectivity index (χ2n) is 7.04. The van der Waals surface area contributed by atoms with Crippen molar-refractivity contribution in [1.29, 1.82) is 0 Å². The average Bonchev–Trinajstić information content (AvgIpc) is 2.80. The number of nitrogens with one attached hydrogen (secondary N) is 3. The van der Waals surface area contributed by atoms with Crippen LogP contribution in [-0.2, 0) is 4.79 Å². The predicted molar refractivity (Wildman–Crippen MR) is 123 cm³/mol. The minimum absolute atomic E-state index is 0.0656. The third-order valence-corrected chi connectivity index (χ3v) is 4.70. The Kier molecular flexibility index (Phi) is 7.65. The molecule has 0 heterocycles. The fraction of sp³-hybridized carbons (Fsp3) is 0.200. The van der Waals surface area contributed by atoms with Crippen LogP contribution in [0.25, 0.3) is 0 Å². The summed E-state index contributed by atoms with van der Waals surface area (Å²) in [5, 5.41) is 8.89. The molecule has 3 rings (SSSR count). The molecule has 2 amide bonds. The van der Waals surface area contributed by atoms with Crippen LogP contribution in [0, 0.1) is 0 Å². The summed E-state index contributed by atoms with van der Waals surface area (Å²) in [5.41, 5.74) is 3.04. The molecule has 3 aromatic carbocycles. The highest BCUT2D eigenvalue weighted by Gasteiger charge is 2.10. The van der Waals surface area contributed by atoms with Crippen molar-refractivity contribution in [2.75, 3.05) is 23.8 Å². The summed E-state index contributed by atoms with van der Waals surface area (Å²) >= 11 is 0. The summed E-state index contributed by atoms with van der Waals surface area (Å²) in [6, 6.07) is 24.0. The van der Waals surface area contributed by atoms with Gasteiger partial charge in [-0.3, -0.25) is 9.59 Å². The van der Waals surface area contributed by atoms with E-state index in [0.717, 1.165) is 17.0 Å². The molecular formula is C25H27N3O3. The number of carbonyl (C=O) groups is 2. The Morgan fingerprint density at radius 1 is 0.871 bits per heavy atom. The third-order valence-electron chi connectivity index (χ3n) is 4.70. The van der Waals surface area contributed by atoms with E-state index < -0.39 is 0 Å². The van der Waals surface area contributed by atoms with Crippen molar-refractivity contribution in [1.82, 2.24) is 5.32 Å². The molecule has 3 N–H and O–H groups in total. The Labute approximate surface area is 182 Å². The van der Waals surface area contributed by atoms with E-state index in [-0.39, 0.29) is 24.4 Å². The normalized spacial score (nSPS) is 11.3. The lowest BCUT2D eigenvalue weighted by molar-refractivity contribution is -0.120. The number of hydrogen-bond donors (Lipinski definition) is 3. The third kappa shape index (κ3) is 6.60. The Morgan fingerprint density at radius 2 is 1.52 bits per heavy atom. The Morgan fingerprint density at radius 3 is 2.16 bits per heavy atom. The van der Waals surface area contributed by atoms with Crippen LogP contribution in [0.5, 0.6) is 5.75 Å². The van der Waals surface area contributed by atoms with Gasteiger partial charge in [-0.1, -0.05) is 30.3 Å². The van der Waals surface area contributed by atoms with E-state index >= 15 is 0 Å². The van der Waals surface area contributed by atoms with Crippen molar-refractivity contribution in [3.05, 3.63) is 90.0 Å².